The van der Waals surface area contributed by atoms with Crippen LogP contribution >= 0.6 is 11.6 Å². The lowest BCUT2D eigenvalue weighted by Crippen LogP contribution is -2.30. The number of nitrogens with zero attached hydrogens (tertiary/aromatic N) is 1. The Balaban J connectivity index is 2.54. The molecule has 3 nitrogen and oxygen atoms in total. The fraction of sp³-hybridized carbons (Fsp3) is 0.364. The zero-order valence-corrected chi connectivity index (χ0v) is 9.37. The van der Waals surface area contributed by atoms with Crippen LogP contribution in [0.3, 0.4) is 0 Å². The molecule has 0 saturated heterocycles. The van der Waals surface area contributed by atoms with Crippen LogP contribution in [-0.4, -0.2) is 36.1 Å². The highest BCUT2D eigenvalue weighted by Crippen LogP contribution is 2.10. The second-order valence-corrected chi connectivity index (χ2v) is 3.78. The van der Waals surface area contributed by atoms with Crippen molar-refractivity contribution in [3.63, 3.8) is 0 Å². The van der Waals surface area contributed by atoms with Crippen LogP contribution in [0.5, 0.6) is 0 Å². The zero-order valence-electron chi connectivity index (χ0n) is 8.61. The molecule has 0 fully saturated rings. The molecule has 15 heavy (non-hydrogen) atoms. The molecule has 0 unspecified atom stereocenters. The Morgan fingerprint density at radius 2 is 2.00 bits per heavy atom. The van der Waals surface area contributed by atoms with Gasteiger partial charge in [0.2, 0.25) is 5.91 Å². The molecular formula is C11H14ClNO2. The van der Waals surface area contributed by atoms with Crippen LogP contribution in [0.4, 0.5) is 0 Å². The van der Waals surface area contributed by atoms with Gasteiger partial charge in [-0.2, -0.15) is 0 Å². The van der Waals surface area contributed by atoms with E-state index in [4.69, 9.17) is 16.7 Å². The van der Waals surface area contributed by atoms with E-state index in [2.05, 4.69) is 0 Å². The predicted octanol–water partition coefficient (Wildman–Crippen LogP) is 1.33. The Kier molecular flexibility index (Phi) is 4.59. The molecular weight excluding hydrogens is 214 g/mol. The van der Waals surface area contributed by atoms with Crippen molar-refractivity contribution in [2.24, 2.45) is 0 Å². The largest absolute Gasteiger partial charge is 0.395 e. The van der Waals surface area contributed by atoms with E-state index in [0.717, 1.165) is 5.56 Å². The number of rotatable bonds is 4. The van der Waals surface area contributed by atoms with Crippen LogP contribution in [-0.2, 0) is 11.2 Å². The maximum absolute atomic E-state index is 11.6. The first-order valence-corrected chi connectivity index (χ1v) is 5.10. The summed E-state index contributed by atoms with van der Waals surface area (Å²) in [4.78, 5) is 13.1. The number of hydrogen-bond acceptors (Lipinski definition) is 2. The molecule has 0 spiro atoms. The average Bonchev–Trinajstić information content (AvgIpc) is 2.22. The molecule has 1 aromatic carbocycles. The van der Waals surface area contributed by atoms with E-state index < -0.39 is 0 Å². The van der Waals surface area contributed by atoms with Crippen LogP contribution in [0.25, 0.3) is 0 Å². The van der Waals surface area contributed by atoms with E-state index in [0.29, 0.717) is 18.0 Å². The minimum atomic E-state index is -0.0111. The number of aliphatic hydroxyl groups excluding tert-OH is 1. The molecule has 1 N–H and O–H groups in total. The molecule has 1 rings (SSSR count). The van der Waals surface area contributed by atoms with Crippen LogP contribution < -0.4 is 0 Å². The molecule has 1 aromatic rings. The second-order valence-electron chi connectivity index (χ2n) is 3.34. The van der Waals surface area contributed by atoms with Crippen molar-refractivity contribution in [2.75, 3.05) is 20.2 Å². The van der Waals surface area contributed by atoms with Crippen molar-refractivity contribution in [3.05, 3.63) is 34.9 Å². The van der Waals surface area contributed by atoms with E-state index in [1.807, 2.05) is 12.1 Å². The van der Waals surface area contributed by atoms with Gasteiger partial charge in [-0.1, -0.05) is 23.7 Å². The minimum absolute atomic E-state index is 0.00799. The molecule has 1 amide bonds. The molecule has 0 aromatic heterocycles. The van der Waals surface area contributed by atoms with Gasteiger partial charge in [-0.15, -0.1) is 0 Å². The monoisotopic (exact) mass is 227 g/mol. The third kappa shape index (κ3) is 3.90. The van der Waals surface area contributed by atoms with E-state index in [9.17, 15) is 4.79 Å². The number of aliphatic hydroxyl groups is 1. The molecule has 0 atom stereocenters. The fourth-order valence-electron chi connectivity index (χ4n) is 1.19. The maximum atomic E-state index is 11.6. The number of benzene rings is 1. The van der Waals surface area contributed by atoms with Gasteiger partial charge in [0, 0.05) is 18.6 Å². The second kappa shape index (κ2) is 5.73. The lowest BCUT2D eigenvalue weighted by molar-refractivity contribution is -0.129. The highest BCUT2D eigenvalue weighted by Gasteiger charge is 2.08. The normalized spacial score (nSPS) is 10.1. The van der Waals surface area contributed by atoms with Crippen molar-refractivity contribution < 1.29 is 9.90 Å². The summed E-state index contributed by atoms with van der Waals surface area (Å²) in [5.41, 5.74) is 0.925. The van der Waals surface area contributed by atoms with Gasteiger partial charge in [0.05, 0.1) is 13.0 Å². The molecule has 0 heterocycles. The standard InChI is InChI=1S/C11H14ClNO2/c1-13(6-7-14)11(15)8-9-2-4-10(12)5-3-9/h2-5,14H,6-8H2,1H3. The number of hydrogen-bond donors (Lipinski definition) is 1. The third-order valence-corrected chi connectivity index (χ3v) is 2.38. The van der Waals surface area contributed by atoms with Crippen molar-refractivity contribution >= 4 is 17.5 Å². The molecule has 0 aliphatic heterocycles. The number of carbonyl (C=O) groups is 1. The van der Waals surface area contributed by atoms with Gasteiger partial charge in [-0.05, 0) is 17.7 Å². The first kappa shape index (κ1) is 12.0. The van der Waals surface area contributed by atoms with Gasteiger partial charge in [0.15, 0.2) is 0 Å². The van der Waals surface area contributed by atoms with Crippen LogP contribution in [0.15, 0.2) is 24.3 Å². The van der Waals surface area contributed by atoms with Crippen LogP contribution in [0, 0.1) is 0 Å². The Bertz CT molecular complexity index is 324. The Labute approximate surface area is 94.3 Å². The first-order valence-electron chi connectivity index (χ1n) is 4.72. The van der Waals surface area contributed by atoms with Gasteiger partial charge in [0.1, 0.15) is 0 Å². The smallest absolute Gasteiger partial charge is 0.226 e. The van der Waals surface area contributed by atoms with E-state index >= 15 is 0 Å². The highest BCUT2D eigenvalue weighted by atomic mass is 35.5. The maximum Gasteiger partial charge on any atom is 0.226 e. The quantitative estimate of drug-likeness (QED) is 0.843. The first-order chi connectivity index (χ1) is 7.13. The van der Waals surface area contributed by atoms with Crippen molar-refractivity contribution in [1.82, 2.24) is 4.90 Å². The number of amides is 1. The van der Waals surface area contributed by atoms with E-state index in [1.165, 1.54) is 4.90 Å². The topological polar surface area (TPSA) is 40.5 Å². The zero-order chi connectivity index (χ0) is 11.3. The molecule has 0 bridgehead atoms. The summed E-state index contributed by atoms with van der Waals surface area (Å²) in [5, 5.41) is 9.34. The lowest BCUT2D eigenvalue weighted by atomic mass is 10.1. The van der Waals surface area contributed by atoms with Crippen LogP contribution in [0.1, 0.15) is 5.56 Å². The minimum Gasteiger partial charge on any atom is -0.395 e. The van der Waals surface area contributed by atoms with Gasteiger partial charge in [0.25, 0.3) is 0 Å². The van der Waals surface area contributed by atoms with Crippen molar-refractivity contribution in [3.8, 4) is 0 Å². The molecule has 0 aliphatic rings. The van der Waals surface area contributed by atoms with Gasteiger partial charge in [-0.3, -0.25) is 4.79 Å². The average molecular weight is 228 g/mol. The van der Waals surface area contributed by atoms with E-state index in [-0.39, 0.29) is 12.5 Å². The molecule has 0 saturated carbocycles. The van der Waals surface area contributed by atoms with Gasteiger partial charge >= 0.3 is 0 Å². The Morgan fingerprint density at radius 3 is 2.53 bits per heavy atom. The molecule has 0 radical (unpaired) electrons. The highest BCUT2D eigenvalue weighted by molar-refractivity contribution is 6.30. The summed E-state index contributed by atoms with van der Waals surface area (Å²) < 4.78 is 0. The summed E-state index contributed by atoms with van der Waals surface area (Å²) in [6, 6.07) is 7.17. The fourth-order valence-corrected chi connectivity index (χ4v) is 1.31. The SMILES string of the molecule is CN(CCO)C(=O)Cc1ccc(Cl)cc1. The third-order valence-electron chi connectivity index (χ3n) is 2.13. The molecule has 4 heteroatoms. The Morgan fingerprint density at radius 1 is 1.40 bits per heavy atom. The van der Waals surface area contributed by atoms with Gasteiger partial charge < -0.3 is 10.0 Å². The predicted molar refractivity (Wildman–Crippen MR) is 59.9 cm³/mol. The summed E-state index contributed by atoms with van der Waals surface area (Å²) in [6.45, 7) is 0.356. The number of carbonyl (C=O) groups excluding carboxylic acids is 1. The van der Waals surface area contributed by atoms with Crippen molar-refractivity contribution in [2.45, 2.75) is 6.42 Å². The molecule has 82 valence electrons. The lowest BCUT2D eigenvalue weighted by Gasteiger charge is -2.15. The summed E-state index contributed by atoms with van der Waals surface area (Å²) in [5.74, 6) is -0.00799. The molecule has 0 aliphatic carbocycles. The number of halogens is 1. The summed E-state index contributed by atoms with van der Waals surface area (Å²) >= 11 is 5.73. The summed E-state index contributed by atoms with van der Waals surface area (Å²) in [6.07, 6.45) is 0.341. The number of likely N-dealkylation sites (N-methyl/N-ethyl adjacent to an activating group) is 1. The van der Waals surface area contributed by atoms with Crippen LogP contribution in [0.2, 0.25) is 5.02 Å². The Hall–Kier alpha value is -1.06. The van der Waals surface area contributed by atoms with Gasteiger partial charge in [-0.25, -0.2) is 0 Å². The van der Waals surface area contributed by atoms with E-state index in [1.54, 1.807) is 19.2 Å². The van der Waals surface area contributed by atoms with Crippen molar-refractivity contribution in [1.29, 1.82) is 0 Å². The summed E-state index contributed by atoms with van der Waals surface area (Å²) in [7, 11) is 1.68.